The smallest absolute Gasteiger partial charge is 0.419 e. The zero-order valence-electron chi connectivity index (χ0n) is 9.55. The van der Waals surface area contributed by atoms with E-state index in [2.05, 4.69) is 9.97 Å². The van der Waals surface area contributed by atoms with Gasteiger partial charge in [0.1, 0.15) is 5.75 Å². The third-order valence-corrected chi connectivity index (χ3v) is 2.26. The summed E-state index contributed by atoms with van der Waals surface area (Å²) in [5, 5.41) is 8.80. The summed E-state index contributed by atoms with van der Waals surface area (Å²) in [4.78, 5) is 7.41. The molecule has 0 fully saturated rings. The van der Waals surface area contributed by atoms with Gasteiger partial charge in [-0.1, -0.05) is 12.1 Å². The van der Waals surface area contributed by atoms with Gasteiger partial charge in [-0.25, -0.2) is 9.97 Å². The van der Waals surface area contributed by atoms with Crippen LogP contribution in [0.5, 0.6) is 11.8 Å². The molecule has 0 aliphatic carbocycles. The molecule has 1 heterocycles. The van der Waals surface area contributed by atoms with Gasteiger partial charge in [-0.2, -0.15) is 13.2 Å². The maximum atomic E-state index is 12.7. The van der Waals surface area contributed by atoms with Crippen LogP contribution in [0.1, 0.15) is 11.1 Å². The maximum Gasteiger partial charge on any atom is 0.419 e. The quantitative estimate of drug-likeness (QED) is 0.931. The molecule has 0 spiro atoms. The summed E-state index contributed by atoms with van der Waals surface area (Å²) in [6.45, 7) is -0.251. The largest absolute Gasteiger partial charge is 0.424 e. The lowest BCUT2D eigenvalue weighted by atomic mass is 10.2. The lowest BCUT2D eigenvalue weighted by Crippen LogP contribution is -2.07. The van der Waals surface area contributed by atoms with Gasteiger partial charge in [-0.15, -0.1) is 0 Å². The average Bonchev–Trinajstić information content (AvgIpc) is 2.39. The van der Waals surface area contributed by atoms with Gasteiger partial charge in [0.05, 0.1) is 12.2 Å². The number of hydrogen-bond acceptors (Lipinski definition) is 4. The lowest BCUT2D eigenvalue weighted by molar-refractivity contribution is -0.138. The van der Waals surface area contributed by atoms with Crippen molar-refractivity contribution in [3.63, 3.8) is 0 Å². The minimum absolute atomic E-state index is 0.214. The number of aliphatic hydroxyl groups excluding tert-OH is 1. The summed E-state index contributed by atoms with van der Waals surface area (Å²) in [5.74, 6) is -0.369. The molecule has 0 atom stereocenters. The van der Waals surface area contributed by atoms with Crippen LogP contribution < -0.4 is 4.74 Å². The second-order valence-electron chi connectivity index (χ2n) is 3.63. The van der Waals surface area contributed by atoms with E-state index in [1.54, 1.807) is 0 Å². The Morgan fingerprint density at radius 2 is 1.74 bits per heavy atom. The lowest BCUT2D eigenvalue weighted by Gasteiger charge is -2.12. The molecule has 0 unspecified atom stereocenters. The summed E-state index contributed by atoms with van der Waals surface area (Å²) >= 11 is 0. The first kappa shape index (κ1) is 13.3. The first-order valence-corrected chi connectivity index (χ1v) is 5.26. The van der Waals surface area contributed by atoms with E-state index in [0.29, 0.717) is 5.56 Å². The fourth-order valence-corrected chi connectivity index (χ4v) is 1.37. The zero-order chi connectivity index (χ0) is 13.9. The number of benzene rings is 1. The van der Waals surface area contributed by atoms with E-state index >= 15 is 0 Å². The summed E-state index contributed by atoms with van der Waals surface area (Å²) in [5.41, 5.74) is -0.457. The number of alkyl halides is 3. The Morgan fingerprint density at radius 1 is 1.11 bits per heavy atom. The van der Waals surface area contributed by atoms with Crippen molar-refractivity contribution >= 4 is 0 Å². The molecule has 7 heteroatoms. The van der Waals surface area contributed by atoms with Crippen molar-refractivity contribution in [2.24, 2.45) is 0 Å². The van der Waals surface area contributed by atoms with E-state index < -0.39 is 11.7 Å². The van der Waals surface area contributed by atoms with Crippen molar-refractivity contribution < 1.29 is 23.0 Å². The number of aromatic nitrogens is 2. The van der Waals surface area contributed by atoms with E-state index in [4.69, 9.17) is 9.84 Å². The third-order valence-electron chi connectivity index (χ3n) is 2.26. The Bertz CT molecular complexity index is 556. The number of nitrogens with zero attached hydrogens (tertiary/aromatic N) is 2. The van der Waals surface area contributed by atoms with Crippen LogP contribution in [0.4, 0.5) is 13.2 Å². The van der Waals surface area contributed by atoms with Crippen molar-refractivity contribution in [2.45, 2.75) is 12.8 Å². The third kappa shape index (κ3) is 3.19. The molecule has 1 N–H and O–H groups in total. The summed E-state index contributed by atoms with van der Waals surface area (Å²) in [6.07, 6.45) is -1.96. The van der Waals surface area contributed by atoms with Crippen molar-refractivity contribution in [1.82, 2.24) is 9.97 Å². The molecule has 100 valence electrons. The summed E-state index contributed by atoms with van der Waals surface area (Å²) < 4.78 is 43.2. The van der Waals surface area contributed by atoms with Crippen LogP contribution in [0.3, 0.4) is 0 Å². The van der Waals surface area contributed by atoms with Crippen LogP contribution >= 0.6 is 0 Å². The van der Waals surface area contributed by atoms with Crippen LogP contribution in [0.25, 0.3) is 0 Å². The predicted octanol–water partition coefficient (Wildman–Crippen LogP) is 2.78. The standard InChI is InChI=1S/C12H9F3N2O2/c13-12(14,15)9-3-1-2-4-10(9)19-11-16-5-8(7-18)6-17-11/h1-6,18H,7H2. The number of halogens is 3. The van der Waals surface area contributed by atoms with Crippen molar-refractivity contribution in [3.05, 3.63) is 47.8 Å². The first-order valence-electron chi connectivity index (χ1n) is 5.26. The van der Waals surface area contributed by atoms with Crippen LogP contribution in [0, 0.1) is 0 Å². The molecule has 0 bridgehead atoms. The molecule has 0 saturated carbocycles. The van der Waals surface area contributed by atoms with E-state index in [1.165, 1.54) is 30.6 Å². The molecular formula is C12H9F3N2O2. The highest BCUT2D eigenvalue weighted by molar-refractivity contribution is 5.37. The van der Waals surface area contributed by atoms with Gasteiger partial charge in [-0.3, -0.25) is 0 Å². The summed E-state index contributed by atoms with van der Waals surface area (Å²) in [7, 11) is 0. The monoisotopic (exact) mass is 270 g/mol. The molecule has 0 aliphatic heterocycles. The van der Waals surface area contributed by atoms with Crippen molar-refractivity contribution in [1.29, 1.82) is 0 Å². The molecule has 0 amide bonds. The minimum atomic E-state index is -4.51. The van der Waals surface area contributed by atoms with E-state index in [1.807, 2.05) is 0 Å². The minimum Gasteiger partial charge on any atom is -0.424 e. The van der Waals surface area contributed by atoms with E-state index in [-0.39, 0.29) is 18.4 Å². The van der Waals surface area contributed by atoms with Crippen molar-refractivity contribution in [3.8, 4) is 11.8 Å². The molecule has 0 radical (unpaired) electrons. The van der Waals surface area contributed by atoms with Crippen molar-refractivity contribution in [2.75, 3.05) is 0 Å². The molecule has 0 aliphatic rings. The number of aliphatic hydroxyl groups is 1. The Morgan fingerprint density at radius 3 is 2.32 bits per heavy atom. The SMILES string of the molecule is OCc1cnc(Oc2ccccc2C(F)(F)F)nc1. The number of hydrogen-bond donors (Lipinski definition) is 1. The van der Waals surface area contributed by atoms with E-state index in [0.717, 1.165) is 6.07 Å². The number of para-hydroxylation sites is 1. The Hall–Kier alpha value is -2.15. The molecule has 1 aromatic carbocycles. The Labute approximate surface area is 106 Å². The highest BCUT2D eigenvalue weighted by atomic mass is 19.4. The second kappa shape index (κ2) is 5.23. The van der Waals surface area contributed by atoms with Gasteiger partial charge in [0.15, 0.2) is 0 Å². The highest BCUT2D eigenvalue weighted by Crippen LogP contribution is 2.37. The zero-order valence-corrected chi connectivity index (χ0v) is 9.55. The summed E-state index contributed by atoms with van der Waals surface area (Å²) in [6, 6.07) is 4.58. The van der Waals surface area contributed by atoms with Gasteiger partial charge in [0.2, 0.25) is 0 Å². The maximum absolute atomic E-state index is 12.7. The van der Waals surface area contributed by atoms with Gasteiger partial charge in [-0.05, 0) is 12.1 Å². The van der Waals surface area contributed by atoms with Crippen LogP contribution in [0.15, 0.2) is 36.7 Å². The van der Waals surface area contributed by atoms with E-state index in [9.17, 15) is 13.2 Å². The molecule has 2 rings (SSSR count). The molecule has 4 nitrogen and oxygen atoms in total. The fourth-order valence-electron chi connectivity index (χ4n) is 1.37. The van der Waals surface area contributed by atoms with Crippen LogP contribution in [-0.4, -0.2) is 15.1 Å². The molecule has 19 heavy (non-hydrogen) atoms. The topological polar surface area (TPSA) is 55.2 Å². The predicted molar refractivity (Wildman–Crippen MR) is 59.5 cm³/mol. The van der Waals surface area contributed by atoms with Crippen LogP contribution in [0.2, 0.25) is 0 Å². The van der Waals surface area contributed by atoms with Gasteiger partial charge < -0.3 is 9.84 Å². The number of rotatable bonds is 3. The highest BCUT2D eigenvalue weighted by Gasteiger charge is 2.34. The second-order valence-corrected chi connectivity index (χ2v) is 3.63. The molecule has 2 aromatic rings. The molecule has 0 saturated heterocycles. The van der Waals surface area contributed by atoms with Gasteiger partial charge in [0.25, 0.3) is 0 Å². The first-order chi connectivity index (χ1) is 9.00. The Kier molecular flexibility index (Phi) is 3.66. The van der Waals surface area contributed by atoms with Gasteiger partial charge in [0, 0.05) is 18.0 Å². The molecule has 1 aromatic heterocycles. The van der Waals surface area contributed by atoms with Gasteiger partial charge >= 0.3 is 12.2 Å². The normalized spacial score (nSPS) is 11.4. The molecular weight excluding hydrogens is 261 g/mol. The Balaban J connectivity index is 2.28. The number of ether oxygens (including phenoxy) is 1. The average molecular weight is 270 g/mol. The van der Waals surface area contributed by atoms with Crippen LogP contribution in [-0.2, 0) is 12.8 Å². The fraction of sp³-hybridized carbons (Fsp3) is 0.167.